The van der Waals surface area contributed by atoms with Crippen LogP contribution in [0.15, 0.2) is 54.7 Å². The molecule has 0 aliphatic carbocycles. The summed E-state index contributed by atoms with van der Waals surface area (Å²) < 4.78 is 24.6. The van der Waals surface area contributed by atoms with E-state index in [1.54, 1.807) is 0 Å². The molecule has 4 aromatic rings. The van der Waals surface area contributed by atoms with Crippen molar-refractivity contribution in [3.63, 3.8) is 0 Å². The maximum absolute atomic E-state index is 13.1. The monoisotopic (exact) mass is 674 g/mol. The molecule has 1 N–H and O–H groups in total. The summed E-state index contributed by atoms with van der Waals surface area (Å²) in [5.74, 6) is 0.775. The predicted molar refractivity (Wildman–Crippen MR) is 199 cm³/mol. The van der Waals surface area contributed by atoms with Crippen molar-refractivity contribution >= 4 is 36.3 Å². The van der Waals surface area contributed by atoms with Gasteiger partial charge in [-0.15, -0.1) is 4.72 Å². The van der Waals surface area contributed by atoms with Crippen molar-refractivity contribution < 1.29 is 8.98 Å². The van der Waals surface area contributed by atoms with Gasteiger partial charge in [0.1, 0.15) is 4.75 Å². The average Bonchev–Trinajstić information content (AvgIpc) is 3.47. The Bertz CT molecular complexity index is 1650. The maximum atomic E-state index is 13.1. The Kier molecular flexibility index (Phi) is 10.9. The van der Waals surface area contributed by atoms with E-state index in [0.717, 1.165) is 65.3 Å². The molecule has 1 aliphatic rings. The zero-order chi connectivity index (χ0) is 34.0. The van der Waals surface area contributed by atoms with E-state index in [1.807, 2.05) is 55.9 Å². The number of aromatic nitrogens is 4. The standard InChI is InChI=1S/C37H54N6O2SSi/c1-10-16-32(41-46(44)36(2,3)4)31-19-15-18-30(40-31)27-23-33(42-21-12-11-13-22-42)29-25-38-43(34(29)24-27)35-20-14-17-28(39-35)26-45-47(8,9)37(5,6)7/h14-15,17-20,23-25,32,41H,10-13,16,21-22,26H2,1-9H3/t32-,46?/m0/s1. The number of benzene rings is 1. The van der Waals surface area contributed by atoms with Crippen LogP contribution < -0.4 is 9.62 Å². The Labute approximate surface area is 286 Å². The van der Waals surface area contributed by atoms with Gasteiger partial charge in [0.25, 0.3) is 0 Å². The molecule has 0 bridgehead atoms. The molecule has 0 amide bonds. The van der Waals surface area contributed by atoms with Crippen molar-refractivity contribution in [3.05, 3.63) is 66.1 Å². The average molecular weight is 675 g/mol. The lowest BCUT2D eigenvalue weighted by Crippen LogP contribution is -2.41. The molecule has 3 aromatic heterocycles. The predicted octanol–water partition coefficient (Wildman–Crippen LogP) is 8.89. The van der Waals surface area contributed by atoms with E-state index < -0.39 is 19.7 Å². The Hall–Kier alpha value is -2.76. The Morgan fingerprint density at radius 2 is 1.70 bits per heavy atom. The van der Waals surface area contributed by atoms with Gasteiger partial charge in [-0.3, -0.25) is 4.98 Å². The number of rotatable bonds is 11. The highest BCUT2D eigenvalue weighted by molar-refractivity contribution is 7.90. The molecule has 1 saturated heterocycles. The number of hydrogen-bond donors (Lipinski definition) is 1. The Balaban J connectivity index is 1.56. The molecule has 4 heterocycles. The van der Waals surface area contributed by atoms with Crippen LogP contribution in [0.5, 0.6) is 0 Å². The van der Waals surface area contributed by atoms with E-state index in [9.17, 15) is 4.55 Å². The van der Waals surface area contributed by atoms with Gasteiger partial charge in [-0.25, -0.2) is 9.67 Å². The van der Waals surface area contributed by atoms with Gasteiger partial charge >= 0.3 is 0 Å². The molecular weight excluding hydrogens is 621 g/mol. The highest BCUT2D eigenvalue weighted by Crippen LogP contribution is 2.38. The van der Waals surface area contributed by atoms with Crippen molar-refractivity contribution in [2.75, 3.05) is 18.0 Å². The van der Waals surface area contributed by atoms with E-state index in [2.05, 4.69) is 74.7 Å². The van der Waals surface area contributed by atoms with Crippen molar-refractivity contribution in [1.29, 1.82) is 0 Å². The van der Waals surface area contributed by atoms with Crippen molar-refractivity contribution in [1.82, 2.24) is 24.5 Å². The molecule has 47 heavy (non-hydrogen) atoms. The van der Waals surface area contributed by atoms with Crippen molar-refractivity contribution in [2.45, 2.75) is 116 Å². The quantitative estimate of drug-likeness (QED) is 0.126. The number of hydrogen-bond acceptors (Lipinski definition) is 7. The van der Waals surface area contributed by atoms with Crippen LogP contribution in [0.3, 0.4) is 0 Å². The van der Waals surface area contributed by atoms with Gasteiger partial charge in [-0.05, 0) is 101 Å². The first-order chi connectivity index (χ1) is 22.2. The van der Waals surface area contributed by atoms with Gasteiger partial charge in [-0.1, -0.05) is 46.2 Å². The van der Waals surface area contributed by atoms with Gasteiger partial charge in [-0.2, -0.15) is 5.10 Å². The summed E-state index contributed by atoms with van der Waals surface area (Å²) >= 11 is -1.20. The van der Waals surface area contributed by atoms with Crippen LogP contribution in [0, 0.1) is 0 Å². The normalized spacial score (nSPS) is 16.1. The molecule has 0 radical (unpaired) electrons. The topological polar surface area (TPSA) is 91.2 Å². The van der Waals surface area contributed by atoms with Crippen LogP contribution >= 0.6 is 0 Å². The van der Waals surface area contributed by atoms with Gasteiger partial charge < -0.3 is 13.9 Å². The summed E-state index contributed by atoms with van der Waals surface area (Å²) in [7, 11) is -1.92. The van der Waals surface area contributed by atoms with Crippen molar-refractivity contribution in [2.24, 2.45) is 0 Å². The molecule has 8 nitrogen and oxygen atoms in total. The summed E-state index contributed by atoms with van der Waals surface area (Å²) in [5, 5.41) is 6.15. The molecule has 1 aliphatic heterocycles. The lowest BCUT2D eigenvalue weighted by Gasteiger charge is -2.36. The number of anilines is 1. The number of nitrogens with one attached hydrogen (secondary N) is 1. The lowest BCUT2D eigenvalue weighted by atomic mass is 10.0. The zero-order valence-electron chi connectivity index (χ0n) is 29.9. The third kappa shape index (κ3) is 8.28. The van der Waals surface area contributed by atoms with E-state index >= 15 is 0 Å². The third-order valence-corrected chi connectivity index (χ3v) is 15.7. The highest BCUT2D eigenvalue weighted by atomic mass is 32.2. The van der Waals surface area contributed by atoms with Crippen molar-refractivity contribution in [3.8, 4) is 17.1 Å². The van der Waals surface area contributed by atoms with E-state index in [0.29, 0.717) is 6.61 Å². The van der Waals surface area contributed by atoms with E-state index in [1.165, 1.54) is 24.9 Å². The molecular formula is C37H54N6O2SSi. The van der Waals surface area contributed by atoms with E-state index in [4.69, 9.17) is 19.5 Å². The summed E-state index contributed by atoms with van der Waals surface area (Å²) in [4.78, 5) is 12.7. The minimum absolute atomic E-state index is 0.101. The molecule has 1 unspecified atom stereocenters. The molecule has 2 atom stereocenters. The van der Waals surface area contributed by atoms with Gasteiger partial charge in [0.05, 0.1) is 41.4 Å². The Morgan fingerprint density at radius 1 is 0.979 bits per heavy atom. The van der Waals surface area contributed by atoms with Crippen LogP contribution in [0.2, 0.25) is 18.1 Å². The first-order valence-electron chi connectivity index (χ1n) is 17.2. The fourth-order valence-corrected chi connectivity index (χ4v) is 7.43. The molecule has 10 heteroatoms. The number of fused-ring (bicyclic) bond motifs is 1. The third-order valence-electron chi connectivity index (χ3n) is 9.57. The maximum Gasteiger partial charge on any atom is 0.192 e. The van der Waals surface area contributed by atoms with Crippen LogP contribution in [0.25, 0.3) is 28.0 Å². The zero-order valence-corrected chi connectivity index (χ0v) is 31.7. The SMILES string of the molecule is CCC[C@H](N[S+]([O-])C(C)(C)C)c1cccc(-c2cc(N3CCCCC3)c3cnn(-c4cccc(CO[Si](C)(C)C(C)(C)C)n4)c3c2)n1. The minimum Gasteiger partial charge on any atom is -0.598 e. The summed E-state index contributed by atoms with van der Waals surface area (Å²) in [6.07, 6.45) is 7.42. The van der Waals surface area contributed by atoms with Gasteiger partial charge in [0, 0.05) is 41.1 Å². The molecule has 254 valence electrons. The highest BCUT2D eigenvalue weighted by Gasteiger charge is 2.37. The first kappa shape index (κ1) is 35.5. The fraction of sp³-hybridized carbons (Fsp3) is 0.541. The smallest absolute Gasteiger partial charge is 0.192 e. The van der Waals surface area contributed by atoms with Crippen LogP contribution in [0.1, 0.15) is 98.0 Å². The fourth-order valence-electron chi connectivity index (χ4n) is 5.64. The number of nitrogens with zero attached hydrogens (tertiary/aromatic N) is 5. The number of piperidine rings is 1. The van der Waals surface area contributed by atoms with Gasteiger partial charge in [0.15, 0.2) is 14.1 Å². The van der Waals surface area contributed by atoms with Crippen LogP contribution in [-0.4, -0.2) is 50.5 Å². The molecule has 1 fully saturated rings. The van der Waals surface area contributed by atoms with Crippen LogP contribution in [-0.2, 0) is 22.4 Å². The second kappa shape index (κ2) is 14.4. The molecule has 1 aromatic carbocycles. The van der Waals surface area contributed by atoms with E-state index in [-0.39, 0.29) is 15.8 Å². The second-order valence-electron chi connectivity index (χ2n) is 15.4. The largest absolute Gasteiger partial charge is 0.598 e. The number of pyridine rings is 2. The molecule has 5 rings (SSSR count). The molecule has 0 saturated carbocycles. The second-order valence-corrected chi connectivity index (χ2v) is 22.2. The molecule has 0 spiro atoms. The first-order valence-corrected chi connectivity index (χ1v) is 21.3. The summed E-state index contributed by atoms with van der Waals surface area (Å²) in [6, 6.07) is 16.7. The van der Waals surface area contributed by atoms with Gasteiger partial charge in [0.2, 0.25) is 0 Å². The summed E-state index contributed by atoms with van der Waals surface area (Å²) in [5.41, 5.74) is 5.93. The Morgan fingerprint density at radius 3 is 2.38 bits per heavy atom. The summed E-state index contributed by atoms with van der Waals surface area (Å²) in [6.45, 7) is 22.0. The minimum atomic E-state index is -1.92. The van der Waals surface area contributed by atoms with Crippen LogP contribution in [0.4, 0.5) is 5.69 Å². The lowest BCUT2D eigenvalue weighted by molar-refractivity contribution is 0.272.